The minimum absolute atomic E-state index is 0.0886. The summed E-state index contributed by atoms with van der Waals surface area (Å²) in [6, 6.07) is 3.39. The normalized spacial score (nSPS) is 20.9. The van der Waals surface area contributed by atoms with Gasteiger partial charge in [0, 0.05) is 4.88 Å². The molecule has 1 saturated carbocycles. The number of carbonyl (C=O) groups excluding carboxylic acids is 1. The van der Waals surface area contributed by atoms with E-state index in [1.807, 2.05) is 5.32 Å². The quantitative estimate of drug-likeness (QED) is 0.774. The third kappa shape index (κ3) is 2.57. The molecule has 1 aromatic rings. The van der Waals surface area contributed by atoms with Crippen LogP contribution in [0, 0.1) is 0 Å². The van der Waals surface area contributed by atoms with Gasteiger partial charge in [-0.25, -0.2) is 0 Å². The highest BCUT2D eigenvalue weighted by Crippen LogP contribution is 2.44. The molecule has 3 N–H and O–H groups in total. The fourth-order valence-electron chi connectivity index (χ4n) is 2.07. The number of thiophene rings is 1. The number of aliphatic hydroxyl groups is 2. The van der Waals surface area contributed by atoms with Crippen molar-refractivity contribution < 1.29 is 23.8 Å². The molecular weight excluding hydrogens is 288 g/mol. The summed E-state index contributed by atoms with van der Waals surface area (Å²) in [6.45, 7) is 1.10. The fraction of sp³-hybridized carbons (Fsp3) is 0.615. The minimum atomic E-state index is -3.84. The van der Waals surface area contributed by atoms with E-state index in [1.165, 1.54) is 18.3 Å². The molecule has 2 rings (SSSR count). The van der Waals surface area contributed by atoms with Gasteiger partial charge in [0.1, 0.15) is 11.2 Å². The minimum Gasteiger partial charge on any atom is -0.383 e. The zero-order chi connectivity index (χ0) is 15.0. The Morgan fingerprint density at radius 2 is 2.20 bits per heavy atom. The van der Waals surface area contributed by atoms with Crippen molar-refractivity contribution in [3.05, 3.63) is 22.4 Å². The van der Waals surface area contributed by atoms with Gasteiger partial charge in [-0.2, -0.15) is 8.78 Å². The van der Waals surface area contributed by atoms with E-state index in [9.17, 15) is 23.8 Å². The van der Waals surface area contributed by atoms with Gasteiger partial charge in [-0.3, -0.25) is 4.79 Å². The monoisotopic (exact) mass is 305 g/mol. The molecule has 1 aliphatic rings. The van der Waals surface area contributed by atoms with Crippen molar-refractivity contribution in [2.45, 2.75) is 43.3 Å². The third-order valence-corrected chi connectivity index (χ3v) is 4.82. The van der Waals surface area contributed by atoms with E-state index in [2.05, 4.69) is 0 Å². The molecule has 4 nitrogen and oxygen atoms in total. The van der Waals surface area contributed by atoms with Gasteiger partial charge in [0.05, 0.1) is 6.54 Å². The van der Waals surface area contributed by atoms with Gasteiger partial charge < -0.3 is 15.5 Å². The Morgan fingerprint density at radius 1 is 1.55 bits per heavy atom. The molecule has 0 aromatic carbocycles. The SMILES string of the molecule is CC(O)(CNC(=O)C(F)(F)C1(O)CCC1)c1cccs1. The maximum absolute atomic E-state index is 13.8. The third-order valence-electron chi connectivity index (χ3n) is 3.70. The van der Waals surface area contributed by atoms with E-state index in [4.69, 9.17) is 0 Å². The van der Waals surface area contributed by atoms with Gasteiger partial charge in [0.25, 0.3) is 5.91 Å². The number of nitrogens with one attached hydrogen (secondary N) is 1. The van der Waals surface area contributed by atoms with Gasteiger partial charge in [-0.15, -0.1) is 11.3 Å². The molecule has 0 bridgehead atoms. The summed E-state index contributed by atoms with van der Waals surface area (Å²) >= 11 is 1.27. The van der Waals surface area contributed by atoms with Gasteiger partial charge in [-0.1, -0.05) is 6.07 Å². The van der Waals surface area contributed by atoms with Crippen LogP contribution in [-0.4, -0.2) is 34.2 Å². The lowest BCUT2D eigenvalue weighted by Crippen LogP contribution is -2.61. The Kier molecular flexibility index (Phi) is 3.88. The summed E-state index contributed by atoms with van der Waals surface area (Å²) in [4.78, 5) is 12.2. The average Bonchev–Trinajstić information content (AvgIpc) is 2.87. The Labute approximate surface area is 119 Å². The summed E-state index contributed by atoms with van der Waals surface area (Å²) in [5, 5.41) is 23.6. The molecular formula is C13H17F2NO3S. The van der Waals surface area contributed by atoms with Gasteiger partial charge in [0.2, 0.25) is 0 Å². The molecule has 1 amide bonds. The Balaban J connectivity index is 1.98. The van der Waals surface area contributed by atoms with E-state index in [1.54, 1.807) is 17.5 Å². The second kappa shape index (κ2) is 5.05. The number of carbonyl (C=O) groups is 1. The van der Waals surface area contributed by atoms with Crippen molar-refractivity contribution in [2.75, 3.05) is 6.54 Å². The number of hydrogen-bond donors (Lipinski definition) is 3. The summed E-state index contributed by atoms with van der Waals surface area (Å²) in [5.41, 5.74) is -3.66. The van der Waals surface area contributed by atoms with Gasteiger partial charge >= 0.3 is 5.92 Å². The van der Waals surface area contributed by atoms with E-state index >= 15 is 0 Å². The van der Waals surface area contributed by atoms with E-state index in [0.717, 1.165) is 0 Å². The molecule has 1 aliphatic carbocycles. The molecule has 1 heterocycles. The molecule has 20 heavy (non-hydrogen) atoms. The lowest BCUT2D eigenvalue weighted by Gasteiger charge is -2.41. The van der Waals surface area contributed by atoms with E-state index < -0.39 is 23.0 Å². The summed E-state index contributed by atoms with van der Waals surface area (Å²) < 4.78 is 27.6. The molecule has 1 aromatic heterocycles. The fourth-order valence-corrected chi connectivity index (χ4v) is 2.86. The molecule has 0 aliphatic heterocycles. The maximum atomic E-state index is 13.8. The van der Waals surface area contributed by atoms with Crippen LogP contribution in [0.25, 0.3) is 0 Å². The molecule has 7 heteroatoms. The average molecular weight is 305 g/mol. The molecule has 112 valence electrons. The maximum Gasteiger partial charge on any atom is 0.352 e. The van der Waals surface area contributed by atoms with Crippen molar-refractivity contribution in [1.29, 1.82) is 0 Å². The van der Waals surface area contributed by atoms with Crippen LogP contribution in [0.3, 0.4) is 0 Å². The second-order valence-electron chi connectivity index (χ2n) is 5.39. The number of alkyl halides is 2. The summed E-state index contributed by atoms with van der Waals surface area (Å²) in [7, 11) is 0. The molecule has 0 spiro atoms. The number of rotatable bonds is 5. The molecule has 1 atom stereocenters. The second-order valence-corrected chi connectivity index (χ2v) is 6.34. The predicted octanol–water partition coefficient (Wildman–Crippen LogP) is 1.62. The zero-order valence-electron chi connectivity index (χ0n) is 11.0. The predicted molar refractivity (Wildman–Crippen MR) is 70.6 cm³/mol. The van der Waals surface area contributed by atoms with Crippen molar-refractivity contribution in [3.8, 4) is 0 Å². The highest BCUT2D eigenvalue weighted by molar-refractivity contribution is 7.10. The van der Waals surface area contributed by atoms with Gasteiger partial charge in [0.15, 0.2) is 0 Å². The first kappa shape index (κ1) is 15.3. The van der Waals surface area contributed by atoms with Crippen molar-refractivity contribution in [2.24, 2.45) is 0 Å². The molecule has 1 fully saturated rings. The Morgan fingerprint density at radius 3 is 2.65 bits per heavy atom. The van der Waals surface area contributed by atoms with Crippen LogP contribution in [0.5, 0.6) is 0 Å². The Bertz CT molecular complexity index is 484. The highest BCUT2D eigenvalue weighted by atomic mass is 32.1. The largest absolute Gasteiger partial charge is 0.383 e. The van der Waals surface area contributed by atoms with E-state index in [0.29, 0.717) is 11.3 Å². The topological polar surface area (TPSA) is 69.6 Å². The van der Waals surface area contributed by atoms with Crippen LogP contribution in [-0.2, 0) is 10.4 Å². The Hall–Kier alpha value is -1.05. The summed E-state index contributed by atoms with van der Waals surface area (Å²) in [5.74, 6) is -5.38. The van der Waals surface area contributed by atoms with Crippen LogP contribution < -0.4 is 5.32 Å². The lowest BCUT2D eigenvalue weighted by atomic mass is 9.75. The van der Waals surface area contributed by atoms with Crippen molar-refractivity contribution in [1.82, 2.24) is 5.32 Å². The first-order valence-electron chi connectivity index (χ1n) is 6.34. The van der Waals surface area contributed by atoms with E-state index in [-0.39, 0.29) is 19.4 Å². The molecule has 1 unspecified atom stereocenters. The van der Waals surface area contributed by atoms with Gasteiger partial charge in [-0.05, 0) is 37.6 Å². The van der Waals surface area contributed by atoms with Crippen molar-refractivity contribution >= 4 is 17.2 Å². The smallest absolute Gasteiger partial charge is 0.352 e. The van der Waals surface area contributed by atoms with Crippen LogP contribution in [0.4, 0.5) is 8.78 Å². The molecule has 0 saturated heterocycles. The zero-order valence-corrected chi connectivity index (χ0v) is 11.8. The molecule has 0 radical (unpaired) electrons. The van der Waals surface area contributed by atoms with Crippen LogP contribution in [0.1, 0.15) is 31.1 Å². The number of amides is 1. The lowest BCUT2D eigenvalue weighted by molar-refractivity contribution is -0.216. The van der Waals surface area contributed by atoms with Crippen molar-refractivity contribution in [3.63, 3.8) is 0 Å². The van der Waals surface area contributed by atoms with Crippen LogP contribution >= 0.6 is 11.3 Å². The number of halogens is 2. The standard InChI is InChI=1S/C13H17F2NO3S/c1-11(18,9-4-2-7-20-9)8-16-10(17)13(14,15)12(19)5-3-6-12/h2,4,7,18-19H,3,5-6,8H2,1H3,(H,16,17). The van der Waals surface area contributed by atoms with Crippen LogP contribution in [0.15, 0.2) is 17.5 Å². The first-order valence-corrected chi connectivity index (χ1v) is 7.22. The summed E-state index contributed by atoms with van der Waals surface area (Å²) in [6.07, 6.45) is 0.301. The first-order chi connectivity index (χ1) is 9.19. The highest BCUT2D eigenvalue weighted by Gasteiger charge is 2.61. The van der Waals surface area contributed by atoms with Crippen LogP contribution in [0.2, 0.25) is 0 Å². The number of hydrogen-bond acceptors (Lipinski definition) is 4.